The minimum Gasteiger partial charge on any atom is -0.298 e. The SMILES string of the molecule is [N-]=[N+]=NCCC=Cc1cc(Cl)cc(C=O)c1. The van der Waals surface area contributed by atoms with Crippen LogP contribution in [-0.2, 0) is 0 Å². The van der Waals surface area contributed by atoms with Gasteiger partial charge in [-0.1, -0.05) is 28.9 Å². The molecule has 0 radical (unpaired) electrons. The summed E-state index contributed by atoms with van der Waals surface area (Å²) in [5, 5.41) is 3.93. The van der Waals surface area contributed by atoms with Gasteiger partial charge in [-0.3, -0.25) is 4.79 Å². The molecule has 1 aromatic carbocycles. The Bertz CT molecular complexity index is 451. The minimum atomic E-state index is 0.425. The lowest BCUT2D eigenvalue weighted by Gasteiger charge is -1.97. The molecule has 0 aliphatic rings. The molecule has 0 atom stereocenters. The first kappa shape index (κ1) is 12.3. The molecule has 0 spiro atoms. The Hall–Kier alpha value is -1.77. The molecular formula is C11H10ClN3O. The number of halogens is 1. The fraction of sp³-hybridized carbons (Fsp3) is 0.182. The topological polar surface area (TPSA) is 65.8 Å². The van der Waals surface area contributed by atoms with Crippen molar-refractivity contribution in [2.45, 2.75) is 6.42 Å². The van der Waals surface area contributed by atoms with Gasteiger partial charge in [0.05, 0.1) is 0 Å². The number of carbonyl (C=O) groups excluding carboxylic acids is 1. The molecular weight excluding hydrogens is 226 g/mol. The minimum absolute atomic E-state index is 0.425. The molecule has 0 N–H and O–H groups in total. The summed E-state index contributed by atoms with van der Waals surface area (Å²) < 4.78 is 0. The molecule has 16 heavy (non-hydrogen) atoms. The van der Waals surface area contributed by atoms with Gasteiger partial charge >= 0.3 is 0 Å². The summed E-state index contributed by atoms with van der Waals surface area (Å²) in [6.07, 6.45) is 5.12. The Labute approximate surface area is 98.2 Å². The number of rotatable bonds is 5. The number of nitrogens with zero attached hydrogens (tertiary/aromatic N) is 3. The molecule has 0 aliphatic heterocycles. The van der Waals surface area contributed by atoms with Crippen LogP contribution in [0.5, 0.6) is 0 Å². The second kappa shape index (κ2) is 6.67. The van der Waals surface area contributed by atoms with E-state index in [1.807, 2.05) is 12.2 Å². The number of benzene rings is 1. The van der Waals surface area contributed by atoms with Crippen LogP contribution in [0.15, 0.2) is 29.4 Å². The molecule has 0 unspecified atom stereocenters. The second-order valence-corrected chi connectivity index (χ2v) is 3.52. The number of hydrogen-bond acceptors (Lipinski definition) is 2. The van der Waals surface area contributed by atoms with E-state index in [9.17, 15) is 4.79 Å². The first-order valence-corrected chi connectivity index (χ1v) is 5.07. The Morgan fingerprint density at radius 1 is 1.38 bits per heavy atom. The molecule has 0 saturated carbocycles. The van der Waals surface area contributed by atoms with Crippen LogP contribution in [0.2, 0.25) is 5.02 Å². The summed E-state index contributed by atoms with van der Waals surface area (Å²) in [4.78, 5) is 13.2. The third-order valence-electron chi connectivity index (χ3n) is 1.85. The van der Waals surface area contributed by atoms with Gasteiger partial charge in [0.15, 0.2) is 0 Å². The first-order chi connectivity index (χ1) is 7.76. The van der Waals surface area contributed by atoms with Crippen LogP contribution in [-0.4, -0.2) is 12.8 Å². The van der Waals surface area contributed by atoms with E-state index in [2.05, 4.69) is 10.0 Å². The van der Waals surface area contributed by atoms with Crippen LogP contribution in [0.4, 0.5) is 0 Å². The van der Waals surface area contributed by atoms with E-state index in [4.69, 9.17) is 17.1 Å². The summed E-state index contributed by atoms with van der Waals surface area (Å²) in [5.41, 5.74) is 9.47. The molecule has 0 saturated heterocycles. The van der Waals surface area contributed by atoms with Crippen LogP contribution in [0.3, 0.4) is 0 Å². The number of carbonyl (C=O) groups is 1. The van der Waals surface area contributed by atoms with Gasteiger partial charge in [-0.15, -0.1) is 0 Å². The van der Waals surface area contributed by atoms with E-state index in [1.54, 1.807) is 18.2 Å². The van der Waals surface area contributed by atoms with Crippen molar-refractivity contribution in [1.29, 1.82) is 0 Å². The summed E-state index contributed by atoms with van der Waals surface area (Å²) in [6, 6.07) is 5.10. The zero-order chi connectivity index (χ0) is 11.8. The van der Waals surface area contributed by atoms with E-state index >= 15 is 0 Å². The summed E-state index contributed by atoms with van der Waals surface area (Å²) in [6.45, 7) is 0.425. The summed E-state index contributed by atoms with van der Waals surface area (Å²) in [7, 11) is 0. The van der Waals surface area contributed by atoms with E-state index in [-0.39, 0.29) is 0 Å². The molecule has 1 rings (SSSR count). The lowest BCUT2D eigenvalue weighted by atomic mass is 10.1. The third kappa shape index (κ3) is 4.17. The number of hydrogen-bond donors (Lipinski definition) is 0. The van der Waals surface area contributed by atoms with Crippen molar-refractivity contribution in [2.24, 2.45) is 5.11 Å². The van der Waals surface area contributed by atoms with Gasteiger partial charge in [0.1, 0.15) is 6.29 Å². The number of aldehydes is 1. The fourth-order valence-corrected chi connectivity index (χ4v) is 1.45. The monoisotopic (exact) mass is 235 g/mol. The fourth-order valence-electron chi connectivity index (χ4n) is 1.20. The van der Waals surface area contributed by atoms with E-state index in [0.29, 0.717) is 23.6 Å². The lowest BCUT2D eigenvalue weighted by molar-refractivity contribution is 0.112. The molecule has 0 bridgehead atoms. The van der Waals surface area contributed by atoms with Gasteiger partial charge in [0.25, 0.3) is 0 Å². The quantitative estimate of drug-likeness (QED) is 0.251. The van der Waals surface area contributed by atoms with Gasteiger partial charge in [-0.25, -0.2) is 0 Å². The van der Waals surface area contributed by atoms with Crippen LogP contribution in [0.1, 0.15) is 22.3 Å². The molecule has 4 nitrogen and oxygen atoms in total. The highest BCUT2D eigenvalue weighted by Gasteiger charge is 1.95. The average molecular weight is 236 g/mol. The second-order valence-electron chi connectivity index (χ2n) is 3.08. The van der Waals surface area contributed by atoms with Crippen LogP contribution in [0.25, 0.3) is 16.5 Å². The normalized spacial score (nSPS) is 10.1. The molecule has 0 fully saturated rings. The number of azide groups is 1. The maximum absolute atomic E-state index is 10.6. The van der Waals surface area contributed by atoms with Crippen molar-refractivity contribution in [2.75, 3.05) is 6.54 Å². The predicted octanol–water partition coefficient (Wildman–Crippen LogP) is 3.87. The highest BCUT2D eigenvalue weighted by Crippen LogP contribution is 2.15. The molecule has 0 aromatic heterocycles. The molecule has 0 aliphatic carbocycles. The molecule has 1 aromatic rings. The summed E-state index contributed by atoms with van der Waals surface area (Å²) >= 11 is 5.83. The van der Waals surface area contributed by atoms with Gasteiger partial charge in [0.2, 0.25) is 0 Å². The maximum atomic E-state index is 10.6. The zero-order valence-corrected chi connectivity index (χ0v) is 9.26. The van der Waals surface area contributed by atoms with E-state index in [1.165, 1.54) is 0 Å². The van der Waals surface area contributed by atoms with Crippen LogP contribution >= 0.6 is 11.6 Å². The van der Waals surface area contributed by atoms with Crippen molar-refractivity contribution in [3.05, 3.63) is 50.9 Å². The van der Waals surface area contributed by atoms with Gasteiger partial charge in [-0.05, 0) is 35.7 Å². The van der Waals surface area contributed by atoms with Crippen LogP contribution < -0.4 is 0 Å². The van der Waals surface area contributed by atoms with Crippen molar-refractivity contribution in [1.82, 2.24) is 0 Å². The summed E-state index contributed by atoms with van der Waals surface area (Å²) in [5.74, 6) is 0. The van der Waals surface area contributed by atoms with Crippen molar-refractivity contribution in [3.8, 4) is 0 Å². The van der Waals surface area contributed by atoms with Crippen molar-refractivity contribution in [3.63, 3.8) is 0 Å². The first-order valence-electron chi connectivity index (χ1n) is 4.69. The molecule has 82 valence electrons. The van der Waals surface area contributed by atoms with E-state index < -0.39 is 0 Å². The molecule has 0 amide bonds. The Balaban J connectivity index is 2.69. The van der Waals surface area contributed by atoms with Gasteiger partial charge in [-0.2, -0.15) is 0 Å². The average Bonchev–Trinajstić information content (AvgIpc) is 2.28. The smallest absolute Gasteiger partial charge is 0.150 e. The Morgan fingerprint density at radius 2 is 2.12 bits per heavy atom. The van der Waals surface area contributed by atoms with Gasteiger partial charge in [0, 0.05) is 22.0 Å². The molecule has 0 heterocycles. The lowest BCUT2D eigenvalue weighted by Crippen LogP contribution is -1.82. The largest absolute Gasteiger partial charge is 0.298 e. The van der Waals surface area contributed by atoms with Gasteiger partial charge < -0.3 is 0 Å². The van der Waals surface area contributed by atoms with Crippen molar-refractivity contribution < 1.29 is 4.79 Å². The standard InChI is InChI=1S/C11H10ClN3O/c12-11-6-9(5-10(7-11)8-16)3-1-2-4-14-15-13/h1,3,5-8H,2,4H2. The maximum Gasteiger partial charge on any atom is 0.150 e. The predicted molar refractivity (Wildman–Crippen MR) is 64.5 cm³/mol. The van der Waals surface area contributed by atoms with Crippen molar-refractivity contribution >= 4 is 24.0 Å². The van der Waals surface area contributed by atoms with Crippen LogP contribution in [0, 0.1) is 0 Å². The zero-order valence-electron chi connectivity index (χ0n) is 8.51. The highest BCUT2D eigenvalue weighted by molar-refractivity contribution is 6.31. The Kier molecular flexibility index (Phi) is 5.12. The highest BCUT2D eigenvalue weighted by atomic mass is 35.5. The third-order valence-corrected chi connectivity index (χ3v) is 2.07. The van der Waals surface area contributed by atoms with E-state index in [0.717, 1.165) is 11.8 Å². The molecule has 5 heteroatoms. The Morgan fingerprint density at radius 3 is 2.81 bits per heavy atom.